The Morgan fingerprint density at radius 2 is 1.87 bits per heavy atom. The number of hydrogen-bond donors (Lipinski definition) is 2. The van der Waals surface area contributed by atoms with Gasteiger partial charge in [0.25, 0.3) is 0 Å². The van der Waals surface area contributed by atoms with Crippen LogP contribution in [0.15, 0.2) is 24.3 Å². The number of aliphatic hydroxyl groups excluding tert-OH is 2. The van der Waals surface area contributed by atoms with E-state index in [1.54, 1.807) is 6.92 Å². The molecule has 0 radical (unpaired) electrons. The van der Waals surface area contributed by atoms with Gasteiger partial charge in [-0.25, -0.2) is 0 Å². The van der Waals surface area contributed by atoms with Gasteiger partial charge in [-0.15, -0.1) is 0 Å². The molecule has 6 heteroatoms. The van der Waals surface area contributed by atoms with Crippen molar-refractivity contribution in [2.75, 3.05) is 6.61 Å². The van der Waals surface area contributed by atoms with E-state index in [0.29, 0.717) is 23.8 Å². The number of hydrogen-bond acceptors (Lipinski definition) is 6. The Balaban J connectivity index is 1.50. The Morgan fingerprint density at radius 1 is 1.18 bits per heavy atom. The van der Waals surface area contributed by atoms with Gasteiger partial charge in [-0.3, -0.25) is 14.4 Å². The molecule has 0 aromatic heterocycles. The van der Waals surface area contributed by atoms with E-state index < -0.39 is 18.1 Å². The summed E-state index contributed by atoms with van der Waals surface area (Å²) in [4.78, 5) is 38.5. The second-order valence-corrected chi connectivity index (χ2v) is 14.1. The molecule has 4 saturated carbocycles. The lowest BCUT2D eigenvalue weighted by Gasteiger charge is -2.60. The Bertz CT molecular complexity index is 1090. The van der Waals surface area contributed by atoms with E-state index in [9.17, 15) is 24.6 Å². The summed E-state index contributed by atoms with van der Waals surface area (Å²) in [5.41, 5.74) is 0.199. The first kappa shape index (κ1) is 27.8. The van der Waals surface area contributed by atoms with Crippen molar-refractivity contribution in [1.29, 1.82) is 0 Å². The number of fused-ring (bicyclic) bond motifs is 2. The van der Waals surface area contributed by atoms with E-state index in [1.807, 2.05) is 13.0 Å². The largest absolute Gasteiger partial charge is 0.462 e. The molecule has 0 heterocycles. The van der Waals surface area contributed by atoms with E-state index in [-0.39, 0.29) is 63.6 Å². The SMILES string of the molecule is C=C(C(O)C(=O)[C@@H](C)[C@H]1[C@@H](OC(C)=O)C[C@@]2(C)C3CCC4C(C)C(=O)C=CC45CC35CC[C@]12C)[C@@H](C)CO. The number of ether oxygens (including phenoxy) is 1. The minimum absolute atomic E-state index is 0.0695. The van der Waals surface area contributed by atoms with Crippen LogP contribution in [-0.2, 0) is 19.1 Å². The summed E-state index contributed by atoms with van der Waals surface area (Å²) in [5.74, 6) is -0.630. The first-order valence-electron chi connectivity index (χ1n) is 14.6. The summed E-state index contributed by atoms with van der Waals surface area (Å²) < 4.78 is 5.99. The standard InChI is InChI=1S/C32H46O6/c1-17(15-33)18(2)27(36)28(37)20(4)26-24(38-21(5)34)14-30(7)25-9-8-22-19(3)23(35)10-11-31(22)16-32(25,31)13-12-29(26,30)6/h10-11,17,19-20,22,24-27,33,36H,2,8-9,12-16H2,1,3-7H3/t17-,19?,20-,22?,24-,25?,26-,27?,29+,30-,31?,32?/m0/s1. The highest BCUT2D eigenvalue weighted by Gasteiger charge is 2.81. The first-order valence-corrected chi connectivity index (χ1v) is 14.6. The summed E-state index contributed by atoms with van der Waals surface area (Å²) in [6, 6.07) is 0. The number of rotatable bonds is 7. The van der Waals surface area contributed by atoms with Crippen LogP contribution >= 0.6 is 0 Å². The maximum absolute atomic E-state index is 13.7. The van der Waals surface area contributed by atoms with Gasteiger partial charge < -0.3 is 14.9 Å². The zero-order valence-corrected chi connectivity index (χ0v) is 24.0. The summed E-state index contributed by atoms with van der Waals surface area (Å²) in [5, 5.41) is 20.5. The second kappa shape index (κ2) is 8.86. The molecule has 0 aromatic carbocycles. The van der Waals surface area contributed by atoms with Crippen molar-refractivity contribution >= 4 is 17.5 Å². The zero-order chi connectivity index (χ0) is 28.0. The summed E-state index contributed by atoms with van der Waals surface area (Å²) in [6.07, 6.45) is 8.24. The first-order chi connectivity index (χ1) is 17.7. The lowest BCUT2D eigenvalue weighted by molar-refractivity contribution is -0.155. The number of carbonyl (C=O) groups is 3. The minimum atomic E-state index is -1.36. The fourth-order valence-electron chi connectivity index (χ4n) is 10.6. The molecular formula is C32H46O6. The molecule has 2 N–H and O–H groups in total. The monoisotopic (exact) mass is 526 g/mol. The Morgan fingerprint density at radius 3 is 2.50 bits per heavy atom. The van der Waals surface area contributed by atoms with Gasteiger partial charge in [-0.2, -0.15) is 0 Å². The van der Waals surface area contributed by atoms with E-state index in [1.165, 1.54) is 6.92 Å². The summed E-state index contributed by atoms with van der Waals surface area (Å²) >= 11 is 0. The number of esters is 1. The lowest BCUT2D eigenvalue weighted by atomic mass is 9.43. The van der Waals surface area contributed by atoms with Gasteiger partial charge in [0, 0.05) is 37.2 Å². The molecule has 38 heavy (non-hydrogen) atoms. The maximum atomic E-state index is 13.7. The van der Waals surface area contributed by atoms with Gasteiger partial charge in [0.1, 0.15) is 12.2 Å². The fourth-order valence-corrected chi connectivity index (χ4v) is 10.6. The zero-order valence-electron chi connectivity index (χ0n) is 24.0. The molecule has 12 atom stereocenters. The molecule has 5 aliphatic carbocycles. The minimum Gasteiger partial charge on any atom is -0.462 e. The molecular weight excluding hydrogens is 480 g/mol. The van der Waals surface area contributed by atoms with Gasteiger partial charge >= 0.3 is 5.97 Å². The van der Waals surface area contributed by atoms with E-state index in [4.69, 9.17) is 4.74 Å². The number of Topliss-reactive ketones (excluding diaryl/α,β-unsaturated/α-hetero) is 1. The van der Waals surface area contributed by atoms with Crippen LogP contribution in [0.5, 0.6) is 0 Å². The third-order valence-corrected chi connectivity index (χ3v) is 12.9. The van der Waals surface area contributed by atoms with Crippen molar-refractivity contribution in [1.82, 2.24) is 0 Å². The van der Waals surface area contributed by atoms with Crippen LogP contribution in [0.1, 0.15) is 80.1 Å². The number of allylic oxidation sites excluding steroid dienone is 2. The molecule has 0 bridgehead atoms. The second-order valence-electron chi connectivity index (χ2n) is 14.1. The van der Waals surface area contributed by atoms with Crippen LogP contribution in [0.3, 0.4) is 0 Å². The van der Waals surface area contributed by atoms with Crippen LogP contribution in [0.25, 0.3) is 0 Å². The molecule has 0 saturated heterocycles. The van der Waals surface area contributed by atoms with Crippen LogP contribution in [0, 0.1) is 57.2 Å². The van der Waals surface area contributed by atoms with Crippen molar-refractivity contribution in [3.8, 4) is 0 Å². The van der Waals surface area contributed by atoms with Crippen molar-refractivity contribution in [2.45, 2.75) is 92.3 Å². The molecule has 6 unspecified atom stereocenters. The van der Waals surface area contributed by atoms with Crippen LogP contribution in [0.4, 0.5) is 0 Å². The third-order valence-electron chi connectivity index (χ3n) is 12.9. The molecule has 4 fully saturated rings. The van der Waals surface area contributed by atoms with E-state index in [2.05, 4.69) is 33.4 Å². The van der Waals surface area contributed by atoms with Gasteiger partial charge in [0.2, 0.25) is 0 Å². The van der Waals surface area contributed by atoms with Gasteiger partial charge in [0.05, 0.1) is 0 Å². The normalized spacial score (nSPS) is 47.1. The number of ketones is 2. The van der Waals surface area contributed by atoms with Crippen LogP contribution in [0.2, 0.25) is 0 Å². The highest BCUT2D eigenvalue weighted by molar-refractivity contribution is 5.93. The number of carbonyl (C=O) groups excluding carboxylic acids is 3. The summed E-state index contributed by atoms with van der Waals surface area (Å²) in [6.45, 7) is 15.5. The van der Waals surface area contributed by atoms with Crippen LogP contribution in [-0.4, -0.2) is 46.6 Å². The average Bonchev–Trinajstić information content (AvgIpc) is 3.48. The molecule has 210 valence electrons. The quantitative estimate of drug-likeness (QED) is 0.369. The smallest absolute Gasteiger partial charge is 0.302 e. The van der Waals surface area contributed by atoms with Gasteiger partial charge in [0.15, 0.2) is 11.6 Å². The van der Waals surface area contributed by atoms with Crippen molar-refractivity contribution in [3.63, 3.8) is 0 Å². The van der Waals surface area contributed by atoms with Gasteiger partial charge in [-0.05, 0) is 83.7 Å². The van der Waals surface area contributed by atoms with Crippen molar-refractivity contribution in [2.24, 2.45) is 57.2 Å². The average molecular weight is 527 g/mol. The maximum Gasteiger partial charge on any atom is 0.302 e. The molecule has 0 aromatic rings. The highest BCUT2D eigenvalue weighted by atomic mass is 16.5. The Kier molecular flexibility index (Phi) is 6.47. The third kappa shape index (κ3) is 3.41. The molecule has 5 rings (SSSR count). The highest BCUT2D eigenvalue weighted by Crippen LogP contribution is 2.87. The molecule has 0 aliphatic heterocycles. The lowest BCUT2D eigenvalue weighted by Crippen LogP contribution is -2.55. The Labute approximate surface area is 227 Å². The molecule has 2 spiro atoms. The summed E-state index contributed by atoms with van der Waals surface area (Å²) in [7, 11) is 0. The predicted octanol–water partition coefficient (Wildman–Crippen LogP) is 4.67. The van der Waals surface area contributed by atoms with Gasteiger partial charge in [-0.1, -0.05) is 47.3 Å². The Hall–Kier alpha value is -1.79. The topological polar surface area (TPSA) is 101 Å². The molecule has 6 nitrogen and oxygen atoms in total. The number of aliphatic hydroxyl groups is 2. The van der Waals surface area contributed by atoms with E-state index in [0.717, 1.165) is 32.1 Å². The van der Waals surface area contributed by atoms with Crippen molar-refractivity contribution < 1.29 is 29.3 Å². The van der Waals surface area contributed by atoms with Crippen LogP contribution < -0.4 is 0 Å². The van der Waals surface area contributed by atoms with E-state index >= 15 is 0 Å². The molecule has 5 aliphatic rings. The predicted molar refractivity (Wildman–Crippen MR) is 144 cm³/mol. The molecule has 0 amide bonds. The van der Waals surface area contributed by atoms with Crippen molar-refractivity contribution in [3.05, 3.63) is 24.3 Å². The fraction of sp³-hybridized carbons (Fsp3) is 0.781.